The lowest BCUT2D eigenvalue weighted by molar-refractivity contribution is -0.130. The number of rotatable bonds is 5. The molecule has 22 heavy (non-hydrogen) atoms. The lowest BCUT2D eigenvalue weighted by Gasteiger charge is -2.36. The molecule has 1 saturated heterocycles. The number of hydrogen-bond donors (Lipinski definition) is 2. The van der Waals surface area contributed by atoms with Crippen LogP contribution in [0.5, 0.6) is 0 Å². The molecule has 0 bridgehead atoms. The van der Waals surface area contributed by atoms with Gasteiger partial charge in [-0.3, -0.25) is 4.79 Å². The molecule has 0 aromatic heterocycles. The van der Waals surface area contributed by atoms with Gasteiger partial charge in [0.15, 0.2) is 0 Å². The highest BCUT2D eigenvalue weighted by Crippen LogP contribution is 2.38. The highest BCUT2D eigenvalue weighted by molar-refractivity contribution is 6.31. The van der Waals surface area contributed by atoms with Gasteiger partial charge in [-0.25, -0.2) is 0 Å². The Morgan fingerprint density at radius 3 is 2.64 bits per heavy atom. The first-order chi connectivity index (χ1) is 10.1. The van der Waals surface area contributed by atoms with E-state index in [4.69, 9.17) is 22.1 Å². The van der Waals surface area contributed by atoms with Crippen molar-refractivity contribution >= 4 is 29.9 Å². The van der Waals surface area contributed by atoms with E-state index in [-0.39, 0.29) is 24.4 Å². The number of benzene rings is 1. The molecule has 3 N–H and O–H groups in total. The second-order valence-corrected chi connectivity index (χ2v) is 6.10. The van der Waals surface area contributed by atoms with Gasteiger partial charge < -0.3 is 15.8 Å². The molecular formula is C16H24Cl2N2O2. The summed E-state index contributed by atoms with van der Waals surface area (Å²) < 4.78 is 5.44. The number of carbonyl (C=O) groups excluding carboxylic acids is 1. The van der Waals surface area contributed by atoms with E-state index >= 15 is 0 Å². The summed E-state index contributed by atoms with van der Waals surface area (Å²) in [4.78, 5) is 12.8. The predicted molar refractivity (Wildman–Crippen MR) is 91.7 cm³/mol. The molecule has 0 spiro atoms. The molecule has 0 radical (unpaired) electrons. The molecule has 1 heterocycles. The maximum Gasteiger partial charge on any atom is 0.230 e. The van der Waals surface area contributed by atoms with Gasteiger partial charge >= 0.3 is 0 Å². The molecule has 1 fully saturated rings. The van der Waals surface area contributed by atoms with Crippen LogP contribution in [0.2, 0.25) is 5.02 Å². The van der Waals surface area contributed by atoms with Crippen LogP contribution in [-0.4, -0.2) is 31.7 Å². The summed E-state index contributed by atoms with van der Waals surface area (Å²) in [7, 11) is 0. The van der Waals surface area contributed by atoms with Crippen LogP contribution < -0.4 is 11.1 Å². The second-order valence-electron chi connectivity index (χ2n) is 5.70. The van der Waals surface area contributed by atoms with Gasteiger partial charge in [0.05, 0.1) is 5.41 Å². The number of ether oxygens (including phenoxy) is 1. The summed E-state index contributed by atoms with van der Waals surface area (Å²) in [6.45, 7) is 3.67. The second kappa shape index (κ2) is 8.73. The van der Waals surface area contributed by atoms with Crippen molar-refractivity contribution in [2.45, 2.75) is 37.6 Å². The molecule has 0 saturated carbocycles. The Hall–Kier alpha value is -0.810. The van der Waals surface area contributed by atoms with Crippen LogP contribution in [0.4, 0.5) is 0 Å². The Morgan fingerprint density at radius 2 is 2.05 bits per heavy atom. The van der Waals surface area contributed by atoms with Crippen molar-refractivity contribution in [3.63, 3.8) is 0 Å². The summed E-state index contributed by atoms with van der Waals surface area (Å²) in [6, 6.07) is 7.67. The highest BCUT2D eigenvalue weighted by Gasteiger charge is 2.42. The average molecular weight is 347 g/mol. The zero-order chi connectivity index (χ0) is 15.3. The van der Waals surface area contributed by atoms with Crippen LogP contribution in [0, 0.1) is 0 Å². The molecule has 6 heteroatoms. The standard InChI is InChI=1S/C16H23ClN2O2.ClH/c1-12(18)6-9-19-15(20)16(7-10-21-11-8-16)13-4-2-3-5-14(13)17;/h2-5,12H,6-11,18H2,1H3,(H,19,20);1H. The third-order valence-electron chi connectivity index (χ3n) is 4.06. The zero-order valence-corrected chi connectivity index (χ0v) is 14.4. The Kier molecular flexibility index (Phi) is 7.63. The van der Waals surface area contributed by atoms with E-state index in [1.54, 1.807) is 0 Å². The van der Waals surface area contributed by atoms with Crippen molar-refractivity contribution in [1.29, 1.82) is 0 Å². The normalized spacial score (nSPS) is 18.1. The maximum atomic E-state index is 12.8. The van der Waals surface area contributed by atoms with Crippen LogP contribution in [0.3, 0.4) is 0 Å². The summed E-state index contributed by atoms with van der Waals surface area (Å²) in [6.07, 6.45) is 2.07. The number of nitrogens with two attached hydrogens (primary N) is 1. The van der Waals surface area contributed by atoms with E-state index in [2.05, 4.69) is 5.32 Å². The monoisotopic (exact) mass is 346 g/mol. The summed E-state index contributed by atoms with van der Waals surface area (Å²) in [5.74, 6) is 0.0274. The molecule has 1 atom stereocenters. The zero-order valence-electron chi connectivity index (χ0n) is 12.8. The van der Waals surface area contributed by atoms with E-state index in [1.165, 1.54) is 0 Å². The third kappa shape index (κ3) is 4.35. The molecule has 0 aliphatic carbocycles. The fraction of sp³-hybridized carbons (Fsp3) is 0.562. The van der Waals surface area contributed by atoms with E-state index in [1.807, 2.05) is 31.2 Å². The van der Waals surface area contributed by atoms with Gasteiger partial charge in [-0.15, -0.1) is 12.4 Å². The minimum Gasteiger partial charge on any atom is -0.381 e. The van der Waals surface area contributed by atoms with Gasteiger partial charge in [0.25, 0.3) is 0 Å². The van der Waals surface area contributed by atoms with Crippen molar-refractivity contribution in [3.8, 4) is 0 Å². The van der Waals surface area contributed by atoms with Crippen LogP contribution in [0.1, 0.15) is 31.7 Å². The lowest BCUT2D eigenvalue weighted by atomic mass is 9.73. The smallest absolute Gasteiger partial charge is 0.230 e. The van der Waals surface area contributed by atoms with Crippen molar-refractivity contribution < 1.29 is 9.53 Å². The predicted octanol–water partition coefficient (Wildman–Crippen LogP) is 2.66. The van der Waals surface area contributed by atoms with Crippen molar-refractivity contribution in [2.75, 3.05) is 19.8 Å². The van der Waals surface area contributed by atoms with E-state index in [0.29, 0.717) is 37.6 Å². The van der Waals surface area contributed by atoms with E-state index < -0.39 is 5.41 Å². The number of halogens is 2. The number of carbonyl (C=O) groups is 1. The first kappa shape index (κ1) is 19.2. The first-order valence-corrected chi connectivity index (χ1v) is 7.81. The van der Waals surface area contributed by atoms with E-state index in [9.17, 15) is 4.79 Å². The summed E-state index contributed by atoms with van der Waals surface area (Å²) in [5.41, 5.74) is 6.04. The maximum absolute atomic E-state index is 12.8. The quantitative estimate of drug-likeness (QED) is 0.861. The Bertz CT molecular complexity index is 489. The molecule has 1 aromatic rings. The van der Waals surface area contributed by atoms with Gasteiger partial charge in [-0.05, 0) is 37.8 Å². The molecular weight excluding hydrogens is 323 g/mol. The first-order valence-electron chi connectivity index (χ1n) is 7.43. The Labute approximate surface area is 143 Å². The van der Waals surface area contributed by atoms with Crippen LogP contribution in [0.15, 0.2) is 24.3 Å². The van der Waals surface area contributed by atoms with Gasteiger partial charge in [-0.2, -0.15) is 0 Å². The van der Waals surface area contributed by atoms with Crippen molar-refractivity contribution in [3.05, 3.63) is 34.9 Å². The Balaban J connectivity index is 0.00000242. The van der Waals surface area contributed by atoms with Crippen LogP contribution >= 0.6 is 24.0 Å². The molecule has 124 valence electrons. The largest absolute Gasteiger partial charge is 0.381 e. The fourth-order valence-corrected chi connectivity index (χ4v) is 3.09. The summed E-state index contributed by atoms with van der Waals surface area (Å²) >= 11 is 6.33. The minimum atomic E-state index is -0.589. The van der Waals surface area contributed by atoms with Gasteiger partial charge in [0.2, 0.25) is 5.91 Å². The lowest BCUT2D eigenvalue weighted by Crippen LogP contribution is -2.48. The van der Waals surface area contributed by atoms with Gasteiger partial charge in [-0.1, -0.05) is 29.8 Å². The molecule has 1 aromatic carbocycles. The van der Waals surface area contributed by atoms with Crippen LogP contribution in [-0.2, 0) is 14.9 Å². The SMILES string of the molecule is CC(N)CCNC(=O)C1(c2ccccc2Cl)CCOCC1.Cl. The topological polar surface area (TPSA) is 64.3 Å². The molecule has 1 unspecified atom stereocenters. The average Bonchev–Trinajstić information content (AvgIpc) is 2.48. The molecule has 1 amide bonds. The fourth-order valence-electron chi connectivity index (χ4n) is 2.77. The van der Waals surface area contributed by atoms with Gasteiger partial charge in [0.1, 0.15) is 0 Å². The number of hydrogen-bond acceptors (Lipinski definition) is 3. The number of nitrogens with one attached hydrogen (secondary N) is 1. The molecule has 4 nitrogen and oxygen atoms in total. The van der Waals surface area contributed by atoms with E-state index in [0.717, 1.165) is 12.0 Å². The minimum absolute atomic E-state index is 0. The third-order valence-corrected chi connectivity index (χ3v) is 4.39. The van der Waals surface area contributed by atoms with Gasteiger partial charge in [0, 0.05) is 30.8 Å². The molecule has 1 aliphatic rings. The highest BCUT2D eigenvalue weighted by atomic mass is 35.5. The van der Waals surface area contributed by atoms with Crippen molar-refractivity contribution in [2.24, 2.45) is 5.73 Å². The molecule has 1 aliphatic heterocycles. The Morgan fingerprint density at radius 1 is 1.41 bits per heavy atom. The van der Waals surface area contributed by atoms with Crippen molar-refractivity contribution in [1.82, 2.24) is 5.32 Å². The summed E-state index contributed by atoms with van der Waals surface area (Å²) in [5, 5.41) is 3.66. The van der Waals surface area contributed by atoms with Crippen LogP contribution in [0.25, 0.3) is 0 Å². The molecule has 2 rings (SSSR count). The number of amides is 1.